The first-order valence-electron chi connectivity index (χ1n) is 12.6. The first-order valence-corrected chi connectivity index (χ1v) is 13.7. The van der Waals surface area contributed by atoms with E-state index in [1.54, 1.807) is 0 Å². The standard InChI is InChI=1S/C28H39NO2S/c1-21-8-7-10-22(16-21)9-3-4-11-25-26-18-23(17-24(26)19-27(25)30)20-32-15-12-28(31)29-13-5-2-6-14-29/h4,7-8,10-11,16-17,24-27,30H,2-3,5-6,9,12-15,18-20H2,1H3/b11-4+/t24-,25+,26-,27+/m0/s1. The van der Waals surface area contributed by atoms with Crippen LogP contribution in [0.3, 0.4) is 0 Å². The van der Waals surface area contributed by atoms with Crippen molar-refractivity contribution < 1.29 is 9.90 Å². The number of thioether (sulfide) groups is 1. The molecule has 0 bridgehead atoms. The molecule has 1 aliphatic heterocycles. The molecule has 3 nitrogen and oxygen atoms in total. The molecule has 32 heavy (non-hydrogen) atoms. The molecule has 4 atom stereocenters. The van der Waals surface area contributed by atoms with E-state index < -0.39 is 0 Å². The van der Waals surface area contributed by atoms with Gasteiger partial charge in [0, 0.05) is 36.9 Å². The largest absolute Gasteiger partial charge is 0.392 e. The van der Waals surface area contributed by atoms with Crippen molar-refractivity contribution >= 4 is 17.7 Å². The highest BCUT2D eigenvalue weighted by Gasteiger charge is 2.43. The van der Waals surface area contributed by atoms with Gasteiger partial charge in [-0.15, -0.1) is 0 Å². The summed E-state index contributed by atoms with van der Waals surface area (Å²) in [5.74, 6) is 3.69. The fourth-order valence-corrected chi connectivity index (χ4v) is 6.69. The van der Waals surface area contributed by atoms with Gasteiger partial charge in [-0.3, -0.25) is 4.79 Å². The van der Waals surface area contributed by atoms with Crippen LogP contribution in [-0.4, -0.2) is 46.6 Å². The summed E-state index contributed by atoms with van der Waals surface area (Å²) >= 11 is 1.91. The van der Waals surface area contributed by atoms with Crippen LogP contribution in [-0.2, 0) is 11.2 Å². The van der Waals surface area contributed by atoms with Crippen molar-refractivity contribution in [1.29, 1.82) is 0 Å². The van der Waals surface area contributed by atoms with Gasteiger partial charge in [0.05, 0.1) is 6.10 Å². The van der Waals surface area contributed by atoms with Crippen LogP contribution in [0.1, 0.15) is 56.1 Å². The quantitative estimate of drug-likeness (QED) is 0.393. The van der Waals surface area contributed by atoms with Gasteiger partial charge in [0.15, 0.2) is 0 Å². The van der Waals surface area contributed by atoms with Crippen LogP contribution < -0.4 is 0 Å². The molecule has 174 valence electrons. The number of amides is 1. The molecule has 1 saturated heterocycles. The third-order valence-corrected chi connectivity index (χ3v) is 8.51. The van der Waals surface area contributed by atoms with Crippen molar-refractivity contribution in [2.75, 3.05) is 24.6 Å². The normalized spacial score (nSPS) is 27.7. The summed E-state index contributed by atoms with van der Waals surface area (Å²) in [5, 5.41) is 10.6. The van der Waals surface area contributed by atoms with Crippen LogP contribution in [0.25, 0.3) is 0 Å². The molecular weight excluding hydrogens is 414 g/mol. The molecule has 3 aliphatic rings. The van der Waals surface area contributed by atoms with Crippen molar-refractivity contribution in [3.8, 4) is 0 Å². The number of carbonyl (C=O) groups is 1. The summed E-state index contributed by atoms with van der Waals surface area (Å²) in [6, 6.07) is 8.74. The fourth-order valence-electron chi connectivity index (χ4n) is 5.75. The molecule has 1 saturated carbocycles. The minimum Gasteiger partial charge on any atom is -0.392 e. The van der Waals surface area contributed by atoms with Crippen LogP contribution in [0.4, 0.5) is 0 Å². The zero-order valence-corrected chi connectivity index (χ0v) is 20.4. The molecule has 4 rings (SSSR count). The summed E-state index contributed by atoms with van der Waals surface area (Å²) in [4.78, 5) is 14.4. The number of carbonyl (C=O) groups excluding carboxylic acids is 1. The Labute approximate surface area is 198 Å². The Morgan fingerprint density at radius 1 is 1.25 bits per heavy atom. The van der Waals surface area contributed by atoms with Crippen LogP contribution in [0.15, 0.2) is 48.1 Å². The molecule has 0 unspecified atom stereocenters. The number of allylic oxidation sites excluding steroid dienone is 2. The van der Waals surface area contributed by atoms with Gasteiger partial charge in [-0.2, -0.15) is 11.8 Å². The summed E-state index contributed by atoms with van der Waals surface area (Å²) < 4.78 is 0. The molecule has 1 heterocycles. The Morgan fingerprint density at radius 2 is 2.09 bits per heavy atom. The molecule has 0 aromatic heterocycles. The van der Waals surface area contributed by atoms with E-state index in [4.69, 9.17) is 0 Å². The highest BCUT2D eigenvalue weighted by atomic mass is 32.2. The van der Waals surface area contributed by atoms with Crippen LogP contribution in [0.2, 0.25) is 0 Å². The van der Waals surface area contributed by atoms with Gasteiger partial charge < -0.3 is 10.0 Å². The van der Waals surface area contributed by atoms with Crippen LogP contribution in [0, 0.1) is 24.7 Å². The Balaban J connectivity index is 1.17. The monoisotopic (exact) mass is 453 g/mol. The summed E-state index contributed by atoms with van der Waals surface area (Å²) in [6.07, 6.45) is 15.2. The first kappa shape index (κ1) is 23.6. The van der Waals surface area contributed by atoms with Crippen molar-refractivity contribution in [3.05, 3.63) is 59.2 Å². The second-order valence-corrected chi connectivity index (χ2v) is 11.0. The van der Waals surface area contributed by atoms with Gasteiger partial charge in [-0.25, -0.2) is 0 Å². The third-order valence-electron chi connectivity index (χ3n) is 7.45. The van der Waals surface area contributed by atoms with Crippen molar-refractivity contribution in [2.24, 2.45) is 17.8 Å². The number of benzene rings is 1. The number of aliphatic hydroxyl groups is 1. The van der Waals surface area contributed by atoms with Gasteiger partial charge in [0.1, 0.15) is 0 Å². The topological polar surface area (TPSA) is 40.5 Å². The Hall–Kier alpha value is -1.52. The number of aliphatic hydroxyl groups excluding tert-OH is 1. The van der Waals surface area contributed by atoms with Gasteiger partial charge >= 0.3 is 0 Å². The number of fused-ring (bicyclic) bond motifs is 1. The predicted octanol–water partition coefficient (Wildman–Crippen LogP) is 5.56. The maximum Gasteiger partial charge on any atom is 0.223 e. The zero-order valence-electron chi connectivity index (χ0n) is 19.5. The Morgan fingerprint density at radius 3 is 2.91 bits per heavy atom. The van der Waals surface area contributed by atoms with Crippen molar-refractivity contribution in [3.63, 3.8) is 0 Å². The van der Waals surface area contributed by atoms with Crippen LogP contribution >= 0.6 is 11.8 Å². The molecule has 1 aromatic carbocycles. The summed E-state index contributed by atoms with van der Waals surface area (Å²) in [5.41, 5.74) is 4.24. The highest BCUT2D eigenvalue weighted by molar-refractivity contribution is 7.99. The molecule has 1 N–H and O–H groups in total. The number of aryl methyl sites for hydroxylation is 2. The SMILES string of the molecule is Cc1cccc(CC/C=C/[C@@H]2[C@H]3CC(CSCCC(=O)N4CCCCC4)=C[C@H]3C[C@H]2O)c1. The molecule has 4 heteroatoms. The number of rotatable bonds is 9. The lowest BCUT2D eigenvalue weighted by Gasteiger charge is -2.26. The predicted molar refractivity (Wildman–Crippen MR) is 135 cm³/mol. The van der Waals surface area contributed by atoms with E-state index in [0.717, 1.165) is 50.3 Å². The lowest BCUT2D eigenvalue weighted by atomic mass is 9.89. The van der Waals surface area contributed by atoms with Crippen LogP contribution in [0.5, 0.6) is 0 Å². The minimum absolute atomic E-state index is 0.201. The maximum absolute atomic E-state index is 12.3. The summed E-state index contributed by atoms with van der Waals surface area (Å²) in [7, 11) is 0. The highest BCUT2D eigenvalue weighted by Crippen LogP contribution is 2.47. The van der Waals surface area contributed by atoms with E-state index in [1.165, 1.54) is 36.0 Å². The average Bonchev–Trinajstić information content (AvgIpc) is 3.31. The molecule has 1 aromatic rings. The van der Waals surface area contributed by atoms with Gasteiger partial charge in [-0.1, -0.05) is 53.6 Å². The Kier molecular flexibility index (Phi) is 8.54. The second kappa shape index (κ2) is 11.6. The molecule has 2 aliphatic carbocycles. The first-order chi connectivity index (χ1) is 15.6. The maximum atomic E-state index is 12.3. The van der Waals surface area contributed by atoms with Gasteiger partial charge in [-0.05, 0) is 69.3 Å². The lowest BCUT2D eigenvalue weighted by molar-refractivity contribution is -0.131. The van der Waals surface area contributed by atoms with E-state index in [9.17, 15) is 9.90 Å². The zero-order chi connectivity index (χ0) is 22.3. The molecular formula is C28H39NO2S. The smallest absolute Gasteiger partial charge is 0.223 e. The lowest BCUT2D eigenvalue weighted by Crippen LogP contribution is -2.35. The van der Waals surface area contributed by atoms with E-state index in [-0.39, 0.29) is 12.0 Å². The van der Waals surface area contributed by atoms with E-state index in [0.29, 0.717) is 24.2 Å². The number of hydrogen-bond acceptors (Lipinski definition) is 3. The number of nitrogens with zero attached hydrogens (tertiary/aromatic N) is 1. The molecule has 2 fully saturated rings. The number of likely N-dealkylation sites (tertiary alicyclic amines) is 1. The number of hydrogen-bond donors (Lipinski definition) is 1. The number of piperidine rings is 1. The minimum atomic E-state index is -0.201. The Bertz CT molecular complexity index is 826. The molecule has 0 spiro atoms. The molecule has 0 radical (unpaired) electrons. The van der Waals surface area contributed by atoms with E-state index >= 15 is 0 Å². The van der Waals surface area contributed by atoms with E-state index in [1.807, 2.05) is 11.8 Å². The van der Waals surface area contributed by atoms with Crippen molar-refractivity contribution in [1.82, 2.24) is 4.90 Å². The summed E-state index contributed by atoms with van der Waals surface area (Å²) in [6.45, 7) is 4.06. The van der Waals surface area contributed by atoms with Gasteiger partial charge in [0.2, 0.25) is 5.91 Å². The fraction of sp³-hybridized carbons (Fsp3) is 0.607. The van der Waals surface area contributed by atoms with Crippen molar-refractivity contribution in [2.45, 2.75) is 64.4 Å². The van der Waals surface area contributed by atoms with Gasteiger partial charge in [0.25, 0.3) is 0 Å². The second-order valence-electron chi connectivity index (χ2n) is 9.94. The average molecular weight is 454 g/mol. The molecule has 1 amide bonds. The third kappa shape index (κ3) is 6.29. The van der Waals surface area contributed by atoms with E-state index in [2.05, 4.69) is 54.3 Å².